The first-order valence-electron chi connectivity index (χ1n) is 9.90. The van der Waals surface area contributed by atoms with Crippen LogP contribution >= 0.6 is 0 Å². The third-order valence-corrected chi connectivity index (χ3v) is 5.37. The van der Waals surface area contributed by atoms with E-state index in [0.29, 0.717) is 5.92 Å². The molecule has 0 aromatic heterocycles. The van der Waals surface area contributed by atoms with Crippen molar-refractivity contribution in [3.05, 3.63) is 64.7 Å². The Kier molecular flexibility index (Phi) is 4.96. The van der Waals surface area contributed by atoms with Crippen LogP contribution in [0.2, 0.25) is 0 Å². The second-order valence-corrected chi connectivity index (χ2v) is 9.97. The molecule has 2 atom stereocenters. The molecule has 1 aliphatic carbocycles. The molecule has 0 amide bonds. The summed E-state index contributed by atoms with van der Waals surface area (Å²) in [5.41, 5.74) is 4.47. The molecule has 3 rings (SSSR count). The van der Waals surface area contributed by atoms with E-state index in [1.807, 2.05) is 18.2 Å². The van der Waals surface area contributed by atoms with Gasteiger partial charge >= 0.3 is 5.97 Å². The van der Waals surface area contributed by atoms with Crippen molar-refractivity contribution in [3.63, 3.8) is 0 Å². The van der Waals surface area contributed by atoms with Gasteiger partial charge in [-0.2, -0.15) is 0 Å². The number of hydrogen-bond donors (Lipinski definition) is 0. The summed E-state index contributed by atoms with van der Waals surface area (Å²) in [6.45, 7) is 15.2. The third kappa shape index (κ3) is 4.26. The maximum atomic E-state index is 13.0. The third-order valence-electron chi connectivity index (χ3n) is 5.37. The Morgan fingerprint density at radius 1 is 0.926 bits per heavy atom. The van der Waals surface area contributed by atoms with E-state index in [-0.39, 0.29) is 22.7 Å². The van der Waals surface area contributed by atoms with Gasteiger partial charge in [0.05, 0.1) is 5.92 Å². The van der Waals surface area contributed by atoms with Crippen LogP contribution in [0.3, 0.4) is 0 Å². The summed E-state index contributed by atoms with van der Waals surface area (Å²) in [6.07, 6.45) is 0.879. The molecule has 0 aliphatic heterocycles. The van der Waals surface area contributed by atoms with E-state index in [4.69, 9.17) is 4.74 Å². The molecule has 0 N–H and O–H groups in total. The summed E-state index contributed by atoms with van der Waals surface area (Å²) >= 11 is 0. The maximum Gasteiger partial charge on any atom is 0.314 e. The molecular weight excluding hydrogens is 332 g/mol. The molecule has 0 radical (unpaired) electrons. The van der Waals surface area contributed by atoms with Crippen LogP contribution in [-0.2, 0) is 15.6 Å². The molecule has 0 heterocycles. The van der Waals surface area contributed by atoms with Crippen molar-refractivity contribution in [2.45, 2.75) is 71.6 Å². The smallest absolute Gasteiger partial charge is 0.314 e. The maximum absolute atomic E-state index is 13.0. The monoisotopic (exact) mass is 364 g/mol. The predicted octanol–water partition coefficient (Wildman–Crippen LogP) is 6.30. The SMILES string of the molecule is Cc1cc(C(C)(C)C)c(OC(=O)[C@@H]2C[C@H]2c2ccccc2)c(C(C)(C)C)c1. The lowest BCUT2D eigenvalue weighted by molar-refractivity contribution is -0.136. The van der Waals surface area contributed by atoms with Crippen LogP contribution in [0.15, 0.2) is 42.5 Å². The van der Waals surface area contributed by atoms with Crippen molar-refractivity contribution in [1.82, 2.24) is 0 Å². The number of aryl methyl sites for hydroxylation is 1. The number of rotatable bonds is 3. The zero-order valence-corrected chi connectivity index (χ0v) is 17.7. The molecule has 144 valence electrons. The molecule has 1 fully saturated rings. The van der Waals surface area contributed by atoms with E-state index < -0.39 is 0 Å². The van der Waals surface area contributed by atoms with Crippen molar-refractivity contribution < 1.29 is 9.53 Å². The van der Waals surface area contributed by atoms with Gasteiger partial charge in [0.1, 0.15) is 5.75 Å². The first-order chi connectivity index (χ1) is 12.5. The Balaban J connectivity index is 1.93. The fourth-order valence-electron chi connectivity index (χ4n) is 3.70. The van der Waals surface area contributed by atoms with Crippen molar-refractivity contribution >= 4 is 5.97 Å². The quantitative estimate of drug-likeness (QED) is 0.472. The summed E-state index contributed by atoms with van der Waals surface area (Å²) in [5.74, 6) is 0.933. The largest absolute Gasteiger partial charge is 0.426 e. The van der Waals surface area contributed by atoms with Gasteiger partial charge in [-0.3, -0.25) is 4.79 Å². The number of hydrogen-bond acceptors (Lipinski definition) is 2. The summed E-state index contributed by atoms with van der Waals surface area (Å²) in [7, 11) is 0. The van der Waals surface area contributed by atoms with E-state index in [9.17, 15) is 4.79 Å². The van der Waals surface area contributed by atoms with E-state index >= 15 is 0 Å². The van der Waals surface area contributed by atoms with Gasteiger partial charge in [0.2, 0.25) is 0 Å². The van der Waals surface area contributed by atoms with E-state index in [1.54, 1.807) is 0 Å². The lowest BCUT2D eigenvalue weighted by Crippen LogP contribution is -2.23. The zero-order chi connectivity index (χ0) is 20.0. The minimum atomic E-state index is -0.0938. The Labute approximate surface area is 164 Å². The molecule has 2 nitrogen and oxygen atoms in total. The van der Waals surface area contributed by atoms with E-state index in [2.05, 4.69) is 72.7 Å². The number of ether oxygens (including phenoxy) is 1. The van der Waals surface area contributed by atoms with Gasteiger partial charge in [-0.1, -0.05) is 89.6 Å². The minimum Gasteiger partial charge on any atom is -0.426 e. The summed E-state index contributed by atoms with van der Waals surface area (Å²) in [5, 5.41) is 0. The van der Waals surface area contributed by atoms with Crippen LogP contribution in [0.4, 0.5) is 0 Å². The minimum absolute atomic E-state index is 0.0330. The topological polar surface area (TPSA) is 26.3 Å². The highest BCUT2D eigenvalue weighted by Crippen LogP contribution is 2.49. The van der Waals surface area contributed by atoms with E-state index in [0.717, 1.165) is 23.3 Å². The Hall–Kier alpha value is -2.09. The first-order valence-corrected chi connectivity index (χ1v) is 9.90. The second kappa shape index (κ2) is 6.82. The number of benzene rings is 2. The highest BCUT2D eigenvalue weighted by molar-refractivity contribution is 5.80. The Morgan fingerprint density at radius 2 is 1.44 bits per heavy atom. The average molecular weight is 365 g/mol. The van der Waals surface area contributed by atoms with Crippen molar-refractivity contribution in [2.75, 3.05) is 0 Å². The molecule has 2 heteroatoms. The van der Waals surface area contributed by atoms with Gasteiger partial charge in [-0.25, -0.2) is 0 Å². The molecule has 0 bridgehead atoms. The normalized spacial score (nSPS) is 19.7. The fourth-order valence-corrected chi connectivity index (χ4v) is 3.70. The average Bonchev–Trinajstić information content (AvgIpc) is 3.35. The van der Waals surface area contributed by atoms with Crippen LogP contribution in [0.25, 0.3) is 0 Å². The van der Waals surface area contributed by atoms with Gasteiger partial charge in [0.15, 0.2) is 0 Å². The number of esters is 1. The lowest BCUT2D eigenvalue weighted by Gasteiger charge is -2.29. The number of carbonyl (C=O) groups is 1. The fraction of sp³-hybridized carbons (Fsp3) is 0.480. The van der Waals surface area contributed by atoms with Gasteiger partial charge in [-0.15, -0.1) is 0 Å². The lowest BCUT2D eigenvalue weighted by atomic mass is 9.78. The molecule has 27 heavy (non-hydrogen) atoms. The van der Waals surface area contributed by atoms with Crippen LogP contribution in [0.5, 0.6) is 5.75 Å². The zero-order valence-electron chi connectivity index (χ0n) is 17.7. The highest BCUT2D eigenvalue weighted by atomic mass is 16.5. The Morgan fingerprint density at radius 3 is 1.93 bits per heavy atom. The van der Waals surface area contributed by atoms with Gasteiger partial charge in [-0.05, 0) is 35.7 Å². The standard InChI is InChI=1S/C25H32O2/c1-16-13-20(24(2,3)4)22(21(14-16)25(5,6)7)27-23(26)19-15-18(19)17-11-9-8-10-12-17/h8-14,18-19H,15H2,1-7H3/t18-,19+/m0/s1. The van der Waals surface area contributed by atoms with Crippen LogP contribution in [-0.4, -0.2) is 5.97 Å². The molecular formula is C25H32O2. The van der Waals surface area contributed by atoms with Crippen molar-refractivity contribution in [1.29, 1.82) is 0 Å². The summed E-state index contributed by atoms with van der Waals surface area (Å²) < 4.78 is 6.12. The van der Waals surface area contributed by atoms with Gasteiger partial charge < -0.3 is 4.74 Å². The van der Waals surface area contributed by atoms with Crippen LogP contribution in [0.1, 0.15) is 76.1 Å². The van der Waals surface area contributed by atoms with E-state index in [1.165, 1.54) is 11.1 Å². The predicted molar refractivity (Wildman–Crippen MR) is 112 cm³/mol. The Bertz CT molecular complexity index is 800. The molecule has 0 saturated heterocycles. The molecule has 2 aromatic rings. The second-order valence-electron chi connectivity index (χ2n) is 9.97. The molecule has 2 aromatic carbocycles. The van der Waals surface area contributed by atoms with Crippen molar-refractivity contribution in [2.24, 2.45) is 5.92 Å². The molecule has 1 aliphatic rings. The number of carbonyl (C=O) groups excluding carboxylic acids is 1. The van der Waals surface area contributed by atoms with Gasteiger partial charge in [0, 0.05) is 11.1 Å². The highest BCUT2D eigenvalue weighted by Gasteiger charge is 2.46. The van der Waals surface area contributed by atoms with Crippen LogP contribution < -0.4 is 4.74 Å². The summed E-state index contributed by atoms with van der Waals surface area (Å²) in [6, 6.07) is 14.6. The first kappa shape index (κ1) is 19.7. The van der Waals surface area contributed by atoms with Crippen LogP contribution in [0, 0.1) is 12.8 Å². The molecule has 0 spiro atoms. The van der Waals surface area contributed by atoms with Crippen molar-refractivity contribution in [3.8, 4) is 5.75 Å². The summed E-state index contributed by atoms with van der Waals surface area (Å²) in [4.78, 5) is 13.0. The molecule has 0 unspecified atom stereocenters. The van der Waals surface area contributed by atoms with Gasteiger partial charge in [0.25, 0.3) is 0 Å². The molecule has 1 saturated carbocycles.